The maximum Gasteiger partial charge on any atom is 0.164 e. The lowest BCUT2D eigenvalue weighted by atomic mass is 10.1. The maximum atomic E-state index is 5.27. The molecule has 30 heavy (non-hydrogen) atoms. The van der Waals surface area contributed by atoms with Crippen molar-refractivity contribution in [3.63, 3.8) is 0 Å². The van der Waals surface area contributed by atoms with Crippen LogP contribution in [0.5, 0.6) is 5.75 Å². The van der Waals surface area contributed by atoms with Gasteiger partial charge in [-0.25, -0.2) is 9.97 Å². The topological polar surface area (TPSA) is 59.9 Å². The molecule has 5 aromatic rings. The number of hydrogen-bond donors (Lipinski definition) is 1. The van der Waals surface area contributed by atoms with Crippen LogP contribution in [0.1, 0.15) is 0 Å². The molecule has 2 aromatic carbocycles. The molecule has 5 nitrogen and oxygen atoms in total. The molecule has 0 saturated heterocycles. The third kappa shape index (κ3) is 3.49. The fourth-order valence-electron chi connectivity index (χ4n) is 3.30. The van der Waals surface area contributed by atoms with Gasteiger partial charge in [0.1, 0.15) is 16.4 Å². The molecule has 6 heteroatoms. The summed E-state index contributed by atoms with van der Waals surface area (Å²) in [6.07, 6.45) is 3.53. The predicted octanol–water partition coefficient (Wildman–Crippen LogP) is 6.17. The van der Waals surface area contributed by atoms with Crippen molar-refractivity contribution in [3.05, 3.63) is 84.5 Å². The van der Waals surface area contributed by atoms with Crippen molar-refractivity contribution in [1.82, 2.24) is 15.0 Å². The number of nitrogens with one attached hydrogen (secondary N) is 1. The predicted molar refractivity (Wildman–Crippen MR) is 122 cm³/mol. The quantitative estimate of drug-likeness (QED) is 0.375. The fourth-order valence-corrected chi connectivity index (χ4v) is 4.24. The van der Waals surface area contributed by atoms with E-state index >= 15 is 0 Å². The van der Waals surface area contributed by atoms with Gasteiger partial charge < -0.3 is 10.1 Å². The molecule has 146 valence electrons. The Morgan fingerprint density at radius 3 is 2.40 bits per heavy atom. The van der Waals surface area contributed by atoms with Crippen LogP contribution < -0.4 is 10.1 Å². The number of thiophene rings is 1. The van der Waals surface area contributed by atoms with Crippen LogP contribution in [0.3, 0.4) is 0 Å². The normalized spacial score (nSPS) is 10.8. The highest BCUT2D eigenvalue weighted by atomic mass is 32.1. The highest BCUT2D eigenvalue weighted by Crippen LogP contribution is 2.39. The smallest absolute Gasteiger partial charge is 0.164 e. The zero-order chi connectivity index (χ0) is 20.3. The Bertz CT molecular complexity index is 1290. The zero-order valence-electron chi connectivity index (χ0n) is 16.2. The number of nitrogens with zero attached hydrogens (tertiary/aromatic N) is 3. The number of methoxy groups -OCH3 is 1. The average Bonchev–Trinajstić information content (AvgIpc) is 3.25. The van der Waals surface area contributed by atoms with E-state index in [9.17, 15) is 0 Å². The van der Waals surface area contributed by atoms with Crippen molar-refractivity contribution < 1.29 is 4.74 Å². The van der Waals surface area contributed by atoms with Gasteiger partial charge in [-0.15, -0.1) is 11.3 Å². The van der Waals surface area contributed by atoms with E-state index in [0.29, 0.717) is 5.82 Å². The second-order valence-corrected chi connectivity index (χ2v) is 7.54. The molecule has 0 saturated carbocycles. The summed E-state index contributed by atoms with van der Waals surface area (Å²) >= 11 is 1.62. The van der Waals surface area contributed by atoms with Crippen molar-refractivity contribution in [1.29, 1.82) is 0 Å². The van der Waals surface area contributed by atoms with Gasteiger partial charge in [0.2, 0.25) is 0 Å². The van der Waals surface area contributed by atoms with Gasteiger partial charge in [0.05, 0.1) is 12.5 Å². The molecule has 0 amide bonds. The molecule has 0 radical (unpaired) electrons. The van der Waals surface area contributed by atoms with Crippen molar-refractivity contribution >= 4 is 33.1 Å². The van der Waals surface area contributed by atoms with Crippen LogP contribution >= 0.6 is 11.3 Å². The Kier molecular flexibility index (Phi) is 4.83. The highest BCUT2D eigenvalue weighted by Gasteiger charge is 2.16. The Morgan fingerprint density at radius 2 is 1.67 bits per heavy atom. The molecule has 0 atom stereocenters. The third-order valence-electron chi connectivity index (χ3n) is 4.79. The lowest BCUT2D eigenvalue weighted by Gasteiger charge is -2.11. The number of ether oxygens (including phenoxy) is 1. The van der Waals surface area contributed by atoms with E-state index in [1.54, 1.807) is 30.8 Å². The lowest BCUT2D eigenvalue weighted by molar-refractivity contribution is 0.415. The Balaban J connectivity index is 1.68. The molecule has 0 unspecified atom stereocenters. The molecular weight excluding hydrogens is 392 g/mol. The first-order chi connectivity index (χ1) is 14.8. The molecule has 3 aromatic heterocycles. The van der Waals surface area contributed by atoms with Gasteiger partial charge in [-0.2, -0.15) is 0 Å². The van der Waals surface area contributed by atoms with E-state index in [4.69, 9.17) is 14.7 Å². The van der Waals surface area contributed by atoms with Crippen LogP contribution in [-0.4, -0.2) is 22.1 Å². The van der Waals surface area contributed by atoms with E-state index in [2.05, 4.69) is 27.8 Å². The third-order valence-corrected chi connectivity index (χ3v) is 5.66. The van der Waals surface area contributed by atoms with Crippen LogP contribution in [0.25, 0.3) is 32.7 Å². The zero-order valence-corrected chi connectivity index (χ0v) is 17.1. The Hall–Kier alpha value is -3.77. The number of rotatable bonds is 5. The van der Waals surface area contributed by atoms with E-state index < -0.39 is 0 Å². The molecule has 0 aliphatic heterocycles. The SMILES string of the molecule is COc1ccc(Nc2nc(-c3cccnc3)nc3scc(-c4ccccc4)c23)cc1. The second kappa shape index (κ2) is 7.93. The summed E-state index contributed by atoms with van der Waals surface area (Å²) < 4.78 is 5.27. The number of hydrogen-bond acceptors (Lipinski definition) is 6. The summed E-state index contributed by atoms with van der Waals surface area (Å²) in [5, 5.41) is 6.63. The van der Waals surface area contributed by atoms with Crippen molar-refractivity contribution in [2.24, 2.45) is 0 Å². The largest absolute Gasteiger partial charge is 0.497 e. The number of benzene rings is 2. The molecule has 0 spiro atoms. The summed E-state index contributed by atoms with van der Waals surface area (Å²) in [5.41, 5.74) is 4.06. The summed E-state index contributed by atoms with van der Waals surface area (Å²) in [6, 6.07) is 22.0. The highest BCUT2D eigenvalue weighted by molar-refractivity contribution is 7.17. The molecule has 0 fully saturated rings. The molecule has 5 rings (SSSR count). The molecule has 0 bridgehead atoms. The van der Waals surface area contributed by atoms with Gasteiger partial charge in [-0.1, -0.05) is 30.3 Å². The van der Waals surface area contributed by atoms with E-state index in [0.717, 1.165) is 44.2 Å². The average molecular weight is 411 g/mol. The summed E-state index contributed by atoms with van der Waals surface area (Å²) in [7, 11) is 1.66. The fraction of sp³-hybridized carbons (Fsp3) is 0.0417. The van der Waals surface area contributed by atoms with Gasteiger partial charge in [-0.3, -0.25) is 4.98 Å². The van der Waals surface area contributed by atoms with Crippen molar-refractivity contribution in [2.45, 2.75) is 0 Å². The van der Waals surface area contributed by atoms with Crippen LogP contribution in [-0.2, 0) is 0 Å². The first-order valence-corrected chi connectivity index (χ1v) is 10.4. The Labute approximate surface area is 178 Å². The summed E-state index contributed by atoms with van der Waals surface area (Å²) in [4.78, 5) is 14.9. The number of anilines is 2. The minimum Gasteiger partial charge on any atom is -0.497 e. The number of pyridine rings is 1. The van der Waals surface area contributed by atoms with Crippen LogP contribution in [0.15, 0.2) is 84.5 Å². The molecule has 0 aliphatic rings. The van der Waals surface area contributed by atoms with Crippen molar-refractivity contribution in [3.8, 4) is 28.3 Å². The van der Waals surface area contributed by atoms with Gasteiger partial charge in [-0.05, 0) is 42.0 Å². The minimum absolute atomic E-state index is 0.646. The first kappa shape index (κ1) is 18.3. The van der Waals surface area contributed by atoms with Gasteiger partial charge in [0, 0.05) is 34.6 Å². The van der Waals surface area contributed by atoms with E-state index in [-0.39, 0.29) is 0 Å². The molecule has 3 heterocycles. The molecule has 1 N–H and O–H groups in total. The summed E-state index contributed by atoms with van der Waals surface area (Å²) in [6.45, 7) is 0. The maximum absolute atomic E-state index is 5.27. The molecular formula is C24H18N4OS. The lowest BCUT2D eigenvalue weighted by Crippen LogP contribution is -1.99. The van der Waals surface area contributed by atoms with E-state index in [1.165, 1.54) is 0 Å². The second-order valence-electron chi connectivity index (χ2n) is 6.69. The monoisotopic (exact) mass is 410 g/mol. The van der Waals surface area contributed by atoms with Gasteiger partial charge in [0.15, 0.2) is 5.82 Å². The van der Waals surface area contributed by atoms with Crippen LogP contribution in [0.2, 0.25) is 0 Å². The number of aromatic nitrogens is 3. The van der Waals surface area contributed by atoms with Crippen LogP contribution in [0, 0.1) is 0 Å². The van der Waals surface area contributed by atoms with E-state index in [1.807, 2.05) is 54.6 Å². The Morgan fingerprint density at radius 1 is 0.867 bits per heavy atom. The minimum atomic E-state index is 0.646. The first-order valence-electron chi connectivity index (χ1n) is 9.48. The van der Waals surface area contributed by atoms with Gasteiger partial charge in [0.25, 0.3) is 0 Å². The number of fused-ring (bicyclic) bond motifs is 1. The van der Waals surface area contributed by atoms with Crippen LogP contribution in [0.4, 0.5) is 11.5 Å². The molecule has 0 aliphatic carbocycles. The van der Waals surface area contributed by atoms with Crippen molar-refractivity contribution in [2.75, 3.05) is 12.4 Å². The van der Waals surface area contributed by atoms with Gasteiger partial charge >= 0.3 is 0 Å². The standard InChI is InChI=1S/C24H18N4OS/c1-29-19-11-9-18(10-12-19)26-23-21-20(16-6-3-2-4-7-16)15-30-24(21)28-22(27-23)17-8-5-13-25-14-17/h2-15H,1H3,(H,26,27,28). The summed E-state index contributed by atoms with van der Waals surface area (Å²) in [5.74, 6) is 2.22.